The standard InChI is InChI=1S/C18H21N3O4/c1-13-10-14(25-19-13)11-20-6-8-21(9-7-20)18(22)17-12-23-15-4-2-3-5-16(15)24-17/h2-5,10,17H,6-9,11-12H2,1H3/t17-/m0/s1. The number of benzene rings is 1. The van der Waals surface area contributed by atoms with Crippen LogP contribution in [-0.4, -0.2) is 59.8 Å². The molecule has 1 aromatic carbocycles. The van der Waals surface area contributed by atoms with Gasteiger partial charge in [-0.05, 0) is 19.1 Å². The average molecular weight is 343 g/mol. The van der Waals surface area contributed by atoms with Crippen LogP contribution in [0.15, 0.2) is 34.9 Å². The number of carbonyl (C=O) groups is 1. The Kier molecular flexibility index (Phi) is 4.31. The fraction of sp³-hybridized carbons (Fsp3) is 0.444. The van der Waals surface area contributed by atoms with Crippen molar-refractivity contribution in [3.63, 3.8) is 0 Å². The molecule has 1 atom stereocenters. The molecule has 0 N–H and O–H groups in total. The minimum Gasteiger partial charge on any atom is -0.485 e. The molecule has 3 heterocycles. The van der Waals surface area contributed by atoms with Gasteiger partial charge in [-0.1, -0.05) is 17.3 Å². The maximum absolute atomic E-state index is 12.7. The van der Waals surface area contributed by atoms with Crippen LogP contribution < -0.4 is 9.47 Å². The topological polar surface area (TPSA) is 68.0 Å². The SMILES string of the molecule is Cc1cc(CN2CCN(C(=O)[C@@H]3COc4ccccc4O3)CC2)on1. The van der Waals surface area contributed by atoms with Crippen molar-refractivity contribution < 1.29 is 18.8 Å². The fourth-order valence-corrected chi connectivity index (χ4v) is 3.18. The Morgan fingerprint density at radius 2 is 1.96 bits per heavy atom. The van der Waals surface area contributed by atoms with Gasteiger partial charge in [0.05, 0.1) is 12.2 Å². The Balaban J connectivity index is 1.31. The first-order valence-corrected chi connectivity index (χ1v) is 8.51. The van der Waals surface area contributed by atoms with Crippen molar-refractivity contribution in [3.8, 4) is 11.5 Å². The maximum Gasteiger partial charge on any atom is 0.267 e. The molecular formula is C18H21N3O4. The molecule has 0 radical (unpaired) electrons. The summed E-state index contributed by atoms with van der Waals surface area (Å²) in [6.45, 7) is 5.84. The van der Waals surface area contributed by atoms with E-state index >= 15 is 0 Å². The molecule has 0 aliphatic carbocycles. The van der Waals surface area contributed by atoms with Gasteiger partial charge in [-0.2, -0.15) is 0 Å². The molecule has 7 nitrogen and oxygen atoms in total. The van der Waals surface area contributed by atoms with Gasteiger partial charge in [0.1, 0.15) is 6.61 Å². The summed E-state index contributed by atoms with van der Waals surface area (Å²) in [5.41, 5.74) is 0.888. The Morgan fingerprint density at radius 3 is 2.68 bits per heavy atom. The molecule has 1 aromatic heterocycles. The Morgan fingerprint density at radius 1 is 1.20 bits per heavy atom. The average Bonchev–Trinajstić information content (AvgIpc) is 3.06. The summed E-state index contributed by atoms with van der Waals surface area (Å²) in [7, 11) is 0. The summed E-state index contributed by atoms with van der Waals surface area (Å²) in [5, 5.41) is 3.91. The van der Waals surface area contributed by atoms with Crippen LogP contribution in [0, 0.1) is 6.92 Å². The summed E-state index contributed by atoms with van der Waals surface area (Å²) < 4.78 is 16.7. The van der Waals surface area contributed by atoms with Crippen LogP contribution in [0.5, 0.6) is 11.5 Å². The van der Waals surface area contributed by atoms with Crippen molar-refractivity contribution in [3.05, 3.63) is 41.8 Å². The number of ether oxygens (including phenoxy) is 2. The van der Waals surface area contributed by atoms with E-state index in [1.54, 1.807) is 0 Å². The van der Waals surface area contributed by atoms with Crippen molar-refractivity contribution >= 4 is 5.91 Å². The van der Waals surface area contributed by atoms with Gasteiger partial charge in [0.25, 0.3) is 5.91 Å². The molecule has 0 saturated carbocycles. The lowest BCUT2D eigenvalue weighted by Gasteiger charge is -2.36. The van der Waals surface area contributed by atoms with Gasteiger partial charge < -0.3 is 18.9 Å². The Labute approximate surface area is 146 Å². The highest BCUT2D eigenvalue weighted by Crippen LogP contribution is 2.31. The predicted octanol–water partition coefficient (Wildman–Crippen LogP) is 1.47. The van der Waals surface area contributed by atoms with E-state index in [0.29, 0.717) is 24.6 Å². The number of nitrogens with zero attached hydrogens (tertiary/aromatic N) is 3. The van der Waals surface area contributed by atoms with Gasteiger partial charge in [0, 0.05) is 32.2 Å². The van der Waals surface area contributed by atoms with E-state index in [2.05, 4.69) is 10.1 Å². The first kappa shape index (κ1) is 16.0. The quantitative estimate of drug-likeness (QED) is 0.841. The second-order valence-electron chi connectivity index (χ2n) is 6.40. The van der Waals surface area contributed by atoms with Crippen LogP contribution in [0.2, 0.25) is 0 Å². The number of amides is 1. The van der Waals surface area contributed by atoms with Gasteiger partial charge in [0.15, 0.2) is 17.3 Å². The molecule has 1 amide bonds. The third-order valence-electron chi connectivity index (χ3n) is 4.52. The van der Waals surface area contributed by atoms with Crippen LogP contribution in [0.3, 0.4) is 0 Å². The Hall–Kier alpha value is -2.54. The highest BCUT2D eigenvalue weighted by molar-refractivity contribution is 5.82. The molecule has 2 aromatic rings. The number of para-hydroxylation sites is 2. The van der Waals surface area contributed by atoms with E-state index in [1.165, 1.54) is 0 Å². The van der Waals surface area contributed by atoms with E-state index in [0.717, 1.165) is 31.1 Å². The molecule has 132 valence electrons. The number of carbonyl (C=O) groups excluding carboxylic acids is 1. The molecular weight excluding hydrogens is 322 g/mol. The monoisotopic (exact) mass is 343 g/mol. The normalized spacial score (nSPS) is 20.5. The molecule has 25 heavy (non-hydrogen) atoms. The molecule has 1 fully saturated rings. The number of aromatic nitrogens is 1. The molecule has 2 aliphatic heterocycles. The van der Waals surface area contributed by atoms with Crippen LogP contribution in [0.25, 0.3) is 0 Å². The number of piperazine rings is 1. The minimum absolute atomic E-state index is 0.00957. The maximum atomic E-state index is 12.7. The number of aryl methyl sites for hydroxylation is 1. The van der Waals surface area contributed by atoms with E-state index in [4.69, 9.17) is 14.0 Å². The van der Waals surface area contributed by atoms with E-state index in [1.807, 2.05) is 42.2 Å². The highest BCUT2D eigenvalue weighted by Gasteiger charge is 2.32. The van der Waals surface area contributed by atoms with Crippen LogP contribution in [0.4, 0.5) is 0 Å². The second-order valence-corrected chi connectivity index (χ2v) is 6.40. The van der Waals surface area contributed by atoms with Gasteiger partial charge in [0.2, 0.25) is 6.10 Å². The lowest BCUT2D eigenvalue weighted by atomic mass is 10.2. The fourth-order valence-electron chi connectivity index (χ4n) is 3.18. The zero-order valence-corrected chi connectivity index (χ0v) is 14.2. The molecule has 0 bridgehead atoms. The van der Waals surface area contributed by atoms with E-state index in [-0.39, 0.29) is 12.5 Å². The van der Waals surface area contributed by atoms with Crippen molar-refractivity contribution in [2.24, 2.45) is 0 Å². The van der Waals surface area contributed by atoms with Crippen LogP contribution in [0.1, 0.15) is 11.5 Å². The largest absolute Gasteiger partial charge is 0.485 e. The summed E-state index contributed by atoms with van der Waals surface area (Å²) >= 11 is 0. The highest BCUT2D eigenvalue weighted by atomic mass is 16.6. The number of hydrogen-bond donors (Lipinski definition) is 0. The molecule has 0 spiro atoms. The van der Waals surface area contributed by atoms with Crippen molar-refractivity contribution in [2.75, 3.05) is 32.8 Å². The van der Waals surface area contributed by atoms with Crippen molar-refractivity contribution in [1.82, 2.24) is 15.0 Å². The summed E-state index contributed by atoms with van der Waals surface area (Å²) in [5.74, 6) is 2.17. The summed E-state index contributed by atoms with van der Waals surface area (Å²) in [6.07, 6.45) is -0.571. The first-order chi connectivity index (χ1) is 12.2. The lowest BCUT2D eigenvalue weighted by Crippen LogP contribution is -2.53. The number of hydrogen-bond acceptors (Lipinski definition) is 6. The third kappa shape index (κ3) is 3.46. The zero-order chi connectivity index (χ0) is 17.2. The van der Waals surface area contributed by atoms with E-state index < -0.39 is 6.10 Å². The van der Waals surface area contributed by atoms with Gasteiger partial charge in [-0.3, -0.25) is 9.69 Å². The molecule has 4 rings (SSSR count). The molecule has 2 aliphatic rings. The molecule has 1 saturated heterocycles. The van der Waals surface area contributed by atoms with Crippen LogP contribution >= 0.6 is 0 Å². The summed E-state index contributed by atoms with van der Waals surface area (Å²) in [6, 6.07) is 9.38. The Bertz CT molecular complexity index is 752. The number of rotatable bonds is 3. The predicted molar refractivity (Wildman–Crippen MR) is 89.5 cm³/mol. The number of fused-ring (bicyclic) bond motifs is 1. The summed E-state index contributed by atoms with van der Waals surface area (Å²) in [4.78, 5) is 16.8. The first-order valence-electron chi connectivity index (χ1n) is 8.51. The van der Waals surface area contributed by atoms with Crippen molar-refractivity contribution in [1.29, 1.82) is 0 Å². The zero-order valence-electron chi connectivity index (χ0n) is 14.2. The lowest BCUT2D eigenvalue weighted by molar-refractivity contribution is -0.143. The van der Waals surface area contributed by atoms with Crippen molar-refractivity contribution in [2.45, 2.75) is 19.6 Å². The molecule has 7 heteroatoms. The van der Waals surface area contributed by atoms with Crippen LogP contribution in [-0.2, 0) is 11.3 Å². The smallest absolute Gasteiger partial charge is 0.267 e. The van der Waals surface area contributed by atoms with E-state index in [9.17, 15) is 4.79 Å². The second kappa shape index (κ2) is 6.76. The third-order valence-corrected chi connectivity index (χ3v) is 4.52. The molecule has 0 unspecified atom stereocenters. The van der Waals surface area contributed by atoms with Gasteiger partial charge in [-0.25, -0.2) is 0 Å². The van der Waals surface area contributed by atoms with Gasteiger partial charge >= 0.3 is 0 Å². The minimum atomic E-state index is -0.571. The van der Waals surface area contributed by atoms with Gasteiger partial charge in [-0.15, -0.1) is 0 Å².